The van der Waals surface area contributed by atoms with Crippen molar-refractivity contribution in [3.05, 3.63) is 29.8 Å². The number of hydrogen-bond donors (Lipinski definition) is 3. The number of rotatable bonds is 12. The molecule has 1 aliphatic heterocycles. The van der Waals surface area contributed by atoms with Gasteiger partial charge in [0.2, 0.25) is 5.91 Å². The van der Waals surface area contributed by atoms with Gasteiger partial charge in [-0.15, -0.1) is 11.8 Å². The highest BCUT2D eigenvalue weighted by molar-refractivity contribution is 8.01. The van der Waals surface area contributed by atoms with Gasteiger partial charge >= 0.3 is 6.03 Å². The first-order valence-electron chi connectivity index (χ1n) is 9.70. The summed E-state index contributed by atoms with van der Waals surface area (Å²) in [7, 11) is 3.24. The molecule has 1 aromatic carbocycles. The molecule has 1 aliphatic rings. The van der Waals surface area contributed by atoms with Crippen molar-refractivity contribution in [2.45, 2.75) is 30.5 Å². The van der Waals surface area contributed by atoms with Crippen LogP contribution in [0.1, 0.15) is 18.9 Å². The molecule has 0 spiro atoms. The molecule has 162 valence electrons. The molecule has 3 N–H and O–H groups in total. The summed E-state index contributed by atoms with van der Waals surface area (Å²) in [5, 5.41) is 8.22. The normalized spacial score (nSPS) is 19.8. The van der Waals surface area contributed by atoms with E-state index in [2.05, 4.69) is 16.0 Å². The van der Waals surface area contributed by atoms with E-state index in [1.165, 1.54) is 11.8 Å². The highest BCUT2D eigenvalue weighted by atomic mass is 32.2. The van der Waals surface area contributed by atoms with Crippen LogP contribution >= 0.6 is 11.8 Å². The maximum atomic E-state index is 12.9. The van der Waals surface area contributed by atoms with Crippen LogP contribution in [0.25, 0.3) is 0 Å². The molecule has 3 atom stereocenters. The molecule has 2 unspecified atom stereocenters. The summed E-state index contributed by atoms with van der Waals surface area (Å²) in [6.07, 6.45) is 0.551. The maximum Gasteiger partial charge on any atom is 0.315 e. The number of amides is 3. The van der Waals surface area contributed by atoms with Crippen LogP contribution in [0.4, 0.5) is 4.79 Å². The first kappa shape index (κ1) is 23.3. The second kappa shape index (κ2) is 12.6. The molecule has 0 aliphatic carbocycles. The summed E-state index contributed by atoms with van der Waals surface area (Å²) >= 11 is 1.48. The van der Waals surface area contributed by atoms with Crippen LogP contribution in [-0.2, 0) is 20.8 Å². The first-order chi connectivity index (χ1) is 14.0. The molecule has 0 radical (unpaired) electrons. The zero-order valence-corrected chi connectivity index (χ0v) is 18.1. The van der Waals surface area contributed by atoms with E-state index in [-0.39, 0.29) is 28.5 Å². The van der Waals surface area contributed by atoms with Crippen molar-refractivity contribution < 1.29 is 23.8 Å². The van der Waals surface area contributed by atoms with Gasteiger partial charge in [-0.25, -0.2) is 4.79 Å². The lowest BCUT2D eigenvalue weighted by molar-refractivity contribution is -0.121. The molecular formula is C20H31N3O5S. The molecule has 1 aromatic rings. The van der Waals surface area contributed by atoms with Crippen LogP contribution in [0.15, 0.2) is 24.3 Å². The number of carbonyl (C=O) groups excluding carboxylic acids is 2. The largest absolute Gasteiger partial charge is 0.497 e. The van der Waals surface area contributed by atoms with Gasteiger partial charge in [-0.3, -0.25) is 4.79 Å². The van der Waals surface area contributed by atoms with Crippen molar-refractivity contribution in [3.63, 3.8) is 0 Å². The van der Waals surface area contributed by atoms with E-state index in [1.807, 2.05) is 31.2 Å². The lowest BCUT2D eigenvalue weighted by atomic mass is 10.1. The van der Waals surface area contributed by atoms with Gasteiger partial charge in [-0.2, -0.15) is 0 Å². The fraction of sp³-hybridized carbons (Fsp3) is 0.600. The second-order valence-electron chi connectivity index (χ2n) is 6.84. The Bertz CT molecular complexity index is 644. The quantitative estimate of drug-likeness (QED) is 0.442. The van der Waals surface area contributed by atoms with Crippen LogP contribution in [0.3, 0.4) is 0 Å². The average Bonchev–Trinajstić information content (AvgIpc) is 2.73. The number of hydrogen-bond acceptors (Lipinski definition) is 6. The Labute approximate surface area is 176 Å². The summed E-state index contributed by atoms with van der Waals surface area (Å²) in [4.78, 5) is 24.5. The Kier molecular flexibility index (Phi) is 10.1. The summed E-state index contributed by atoms with van der Waals surface area (Å²) < 4.78 is 15.7. The molecule has 0 aromatic heterocycles. The van der Waals surface area contributed by atoms with Crippen molar-refractivity contribution in [1.82, 2.24) is 16.0 Å². The number of thioether (sulfide) groups is 1. The molecule has 8 nitrogen and oxygen atoms in total. The van der Waals surface area contributed by atoms with Gasteiger partial charge in [0.05, 0.1) is 30.9 Å². The van der Waals surface area contributed by atoms with Gasteiger partial charge in [-0.05, 0) is 24.1 Å². The van der Waals surface area contributed by atoms with E-state index in [0.717, 1.165) is 11.3 Å². The highest BCUT2D eigenvalue weighted by Crippen LogP contribution is 2.26. The van der Waals surface area contributed by atoms with Crippen LogP contribution < -0.4 is 20.7 Å². The smallest absolute Gasteiger partial charge is 0.315 e. The SMILES string of the molecule is COCCOCC[C@H](SC1NC(=O)NCC1C)C(=O)NCc1ccc(OC)cc1. The predicted molar refractivity (Wildman–Crippen MR) is 113 cm³/mol. The van der Waals surface area contributed by atoms with Crippen LogP contribution in [0, 0.1) is 5.92 Å². The lowest BCUT2D eigenvalue weighted by Gasteiger charge is -2.32. The van der Waals surface area contributed by atoms with Gasteiger partial charge in [0.1, 0.15) is 5.75 Å². The lowest BCUT2D eigenvalue weighted by Crippen LogP contribution is -2.53. The molecule has 0 saturated carbocycles. The van der Waals surface area contributed by atoms with Gasteiger partial charge in [0.15, 0.2) is 0 Å². The molecule has 0 bridgehead atoms. The third kappa shape index (κ3) is 8.12. The third-order valence-electron chi connectivity index (χ3n) is 4.56. The first-order valence-corrected chi connectivity index (χ1v) is 10.6. The van der Waals surface area contributed by atoms with E-state index < -0.39 is 0 Å². The molecule has 1 fully saturated rings. The number of carbonyl (C=O) groups is 2. The maximum absolute atomic E-state index is 12.9. The summed E-state index contributed by atoms with van der Waals surface area (Å²) in [5.41, 5.74) is 0.989. The minimum Gasteiger partial charge on any atom is -0.497 e. The Morgan fingerprint density at radius 3 is 2.69 bits per heavy atom. The Morgan fingerprint density at radius 2 is 2.00 bits per heavy atom. The molecule has 9 heteroatoms. The molecule has 3 amide bonds. The van der Waals surface area contributed by atoms with Crippen molar-refractivity contribution in [3.8, 4) is 5.75 Å². The number of nitrogens with one attached hydrogen (secondary N) is 3. The summed E-state index contributed by atoms with van der Waals surface area (Å²) in [5.74, 6) is 0.919. The van der Waals surface area contributed by atoms with Crippen molar-refractivity contribution >= 4 is 23.7 Å². The highest BCUT2D eigenvalue weighted by Gasteiger charge is 2.30. The number of benzene rings is 1. The third-order valence-corrected chi connectivity index (χ3v) is 6.21. The zero-order valence-electron chi connectivity index (χ0n) is 17.2. The van der Waals surface area contributed by atoms with Crippen LogP contribution in [0.5, 0.6) is 5.75 Å². The van der Waals surface area contributed by atoms with Gasteiger partial charge in [0.25, 0.3) is 0 Å². The fourth-order valence-corrected chi connectivity index (χ4v) is 4.10. The van der Waals surface area contributed by atoms with Gasteiger partial charge < -0.3 is 30.2 Å². The van der Waals surface area contributed by atoms with Gasteiger partial charge in [0, 0.05) is 32.7 Å². The number of urea groups is 1. The van der Waals surface area contributed by atoms with Crippen LogP contribution in [0.2, 0.25) is 0 Å². The molecule has 29 heavy (non-hydrogen) atoms. The van der Waals surface area contributed by atoms with Crippen molar-refractivity contribution in [2.24, 2.45) is 5.92 Å². The number of methoxy groups -OCH3 is 2. The van der Waals surface area contributed by atoms with E-state index in [9.17, 15) is 9.59 Å². The monoisotopic (exact) mass is 425 g/mol. The number of ether oxygens (including phenoxy) is 3. The van der Waals surface area contributed by atoms with E-state index in [0.29, 0.717) is 39.3 Å². The summed E-state index contributed by atoms with van der Waals surface area (Å²) in [6, 6.07) is 7.37. The Morgan fingerprint density at radius 1 is 1.24 bits per heavy atom. The molecule has 1 saturated heterocycles. The fourth-order valence-electron chi connectivity index (χ4n) is 2.77. The minimum absolute atomic E-state index is 0.0684. The van der Waals surface area contributed by atoms with E-state index >= 15 is 0 Å². The Balaban J connectivity index is 1.92. The second-order valence-corrected chi connectivity index (χ2v) is 8.19. The Hall–Kier alpha value is -1.97. The summed E-state index contributed by atoms with van der Waals surface area (Å²) in [6.45, 7) is 4.52. The average molecular weight is 426 g/mol. The van der Waals surface area contributed by atoms with Crippen molar-refractivity contribution in [1.29, 1.82) is 0 Å². The van der Waals surface area contributed by atoms with Gasteiger partial charge in [-0.1, -0.05) is 19.1 Å². The predicted octanol–water partition coefficient (Wildman–Crippen LogP) is 1.74. The van der Waals surface area contributed by atoms with E-state index in [1.54, 1.807) is 14.2 Å². The van der Waals surface area contributed by atoms with Crippen molar-refractivity contribution in [2.75, 3.05) is 40.6 Å². The minimum atomic E-state index is -0.332. The molecule has 1 heterocycles. The molecule has 2 rings (SSSR count). The zero-order chi connectivity index (χ0) is 21.1. The molecular weight excluding hydrogens is 394 g/mol. The van der Waals surface area contributed by atoms with Crippen LogP contribution in [-0.4, -0.2) is 63.1 Å². The topological polar surface area (TPSA) is 97.9 Å². The standard InChI is InChI=1S/C20H31N3O5S/c1-14-12-22-20(25)23-19(14)29-17(8-9-28-11-10-26-2)18(24)21-13-15-4-6-16(27-3)7-5-15/h4-7,14,17,19H,8-13H2,1-3H3,(H,21,24)(H2,22,23,25)/t14?,17-,19?/m0/s1. The van der Waals surface area contributed by atoms with E-state index in [4.69, 9.17) is 14.2 Å².